The summed E-state index contributed by atoms with van der Waals surface area (Å²) in [7, 11) is 0. The van der Waals surface area contributed by atoms with Gasteiger partial charge in [0.1, 0.15) is 17.2 Å². The van der Waals surface area contributed by atoms with Gasteiger partial charge in [0.2, 0.25) is 5.95 Å². The number of nitrogens with two attached hydrogens (primary N) is 1. The average Bonchev–Trinajstić information content (AvgIpc) is 3.05. The summed E-state index contributed by atoms with van der Waals surface area (Å²) in [6, 6.07) is 5.65. The molecule has 3 aromatic rings. The molecule has 0 atom stereocenters. The van der Waals surface area contributed by atoms with Gasteiger partial charge in [-0.05, 0) is 31.0 Å². The minimum Gasteiger partial charge on any atom is -0.508 e. The number of nitrogen functional groups attached to an aromatic ring is 1. The standard InChI is InChI=1S/C15H17N5O/c16-15-19-13(17-8-3-1-2-4-8)12-10-7-9(21)5-6-11(10)18-14(12)20-15/h5-8,21H,1-4H2,(H4,16,17,18,19,20). The van der Waals surface area contributed by atoms with Crippen LogP contribution < -0.4 is 11.1 Å². The van der Waals surface area contributed by atoms with Crippen LogP contribution in [0.2, 0.25) is 0 Å². The van der Waals surface area contributed by atoms with E-state index in [2.05, 4.69) is 20.3 Å². The number of nitrogens with one attached hydrogen (secondary N) is 2. The van der Waals surface area contributed by atoms with Crippen molar-refractivity contribution in [1.82, 2.24) is 15.0 Å². The summed E-state index contributed by atoms with van der Waals surface area (Å²) >= 11 is 0. The number of phenols is 1. The van der Waals surface area contributed by atoms with Crippen LogP contribution in [0.5, 0.6) is 5.75 Å². The summed E-state index contributed by atoms with van der Waals surface area (Å²) < 4.78 is 0. The van der Waals surface area contributed by atoms with Crippen LogP contribution >= 0.6 is 0 Å². The summed E-state index contributed by atoms with van der Waals surface area (Å²) in [5, 5.41) is 15.0. The maximum Gasteiger partial charge on any atom is 0.223 e. The van der Waals surface area contributed by atoms with Crippen LogP contribution in [0.4, 0.5) is 11.8 Å². The second kappa shape index (κ2) is 4.51. The van der Waals surface area contributed by atoms with Crippen molar-refractivity contribution < 1.29 is 5.11 Å². The molecule has 1 aliphatic rings. The zero-order valence-electron chi connectivity index (χ0n) is 11.6. The Bertz CT molecular complexity index is 820. The lowest BCUT2D eigenvalue weighted by Gasteiger charge is -2.13. The number of benzene rings is 1. The van der Waals surface area contributed by atoms with Gasteiger partial charge in [-0.15, -0.1) is 0 Å². The van der Waals surface area contributed by atoms with Gasteiger partial charge in [-0.25, -0.2) is 0 Å². The molecular weight excluding hydrogens is 266 g/mol. The Kier molecular flexibility index (Phi) is 2.63. The number of fused-ring (bicyclic) bond motifs is 3. The van der Waals surface area contributed by atoms with Gasteiger partial charge < -0.3 is 21.1 Å². The minimum atomic E-state index is 0.229. The topological polar surface area (TPSA) is 99.9 Å². The highest BCUT2D eigenvalue weighted by molar-refractivity contribution is 6.11. The van der Waals surface area contributed by atoms with Gasteiger partial charge in [-0.1, -0.05) is 12.8 Å². The first-order chi connectivity index (χ1) is 10.2. The van der Waals surface area contributed by atoms with Crippen molar-refractivity contribution in [3.63, 3.8) is 0 Å². The summed E-state index contributed by atoms with van der Waals surface area (Å²) in [6.07, 6.45) is 4.80. The van der Waals surface area contributed by atoms with Gasteiger partial charge in [-0.3, -0.25) is 0 Å². The Morgan fingerprint density at radius 3 is 2.86 bits per heavy atom. The molecule has 6 nitrogen and oxygen atoms in total. The molecule has 2 aromatic heterocycles. The molecule has 5 N–H and O–H groups in total. The molecule has 2 heterocycles. The normalized spacial score (nSPS) is 16.0. The van der Waals surface area contributed by atoms with Crippen molar-refractivity contribution in [3.05, 3.63) is 18.2 Å². The first kappa shape index (κ1) is 12.3. The summed E-state index contributed by atoms with van der Waals surface area (Å²) in [5.74, 6) is 1.23. The molecule has 0 saturated heterocycles. The number of aromatic nitrogens is 3. The largest absolute Gasteiger partial charge is 0.508 e. The molecule has 108 valence electrons. The van der Waals surface area contributed by atoms with Crippen molar-refractivity contribution in [2.45, 2.75) is 31.7 Å². The van der Waals surface area contributed by atoms with Crippen molar-refractivity contribution in [2.75, 3.05) is 11.1 Å². The molecule has 0 amide bonds. The van der Waals surface area contributed by atoms with Crippen LogP contribution in [0.25, 0.3) is 21.9 Å². The van der Waals surface area contributed by atoms with Crippen LogP contribution in [0.15, 0.2) is 18.2 Å². The lowest BCUT2D eigenvalue weighted by Crippen LogP contribution is -2.16. The van der Waals surface area contributed by atoms with Gasteiger partial charge in [0.25, 0.3) is 0 Å². The average molecular weight is 283 g/mol. The van der Waals surface area contributed by atoms with E-state index in [-0.39, 0.29) is 11.7 Å². The fraction of sp³-hybridized carbons (Fsp3) is 0.333. The molecule has 0 radical (unpaired) electrons. The zero-order valence-corrected chi connectivity index (χ0v) is 11.6. The molecule has 4 rings (SSSR count). The number of hydrogen-bond acceptors (Lipinski definition) is 5. The molecule has 21 heavy (non-hydrogen) atoms. The van der Waals surface area contributed by atoms with Gasteiger partial charge in [0.15, 0.2) is 0 Å². The number of H-pyrrole nitrogens is 1. The van der Waals surface area contributed by atoms with Crippen LogP contribution in [-0.2, 0) is 0 Å². The van der Waals surface area contributed by atoms with Crippen LogP contribution in [0.3, 0.4) is 0 Å². The van der Waals surface area contributed by atoms with E-state index in [0.29, 0.717) is 11.7 Å². The summed E-state index contributed by atoms with van der Waals surface area (Å²) in [4.78, 5) is 11.9. The highest BCUT2D eigenvalue weighted by Crippen LogP contribution is 2.33. The van der Waals surface area contributed by atoms with E-state index in [1.165, 1.54) is 12.8 Å². The van der Waals surface area contributed by atoms with Crippen molar-refractivity contribution in [3.8, 4) is 5.75 Å². The van der Waals surface area contributed by atoms with E-state index in [1.54, 1.807) is 12.1 Å². The van der Waals surface area contributed by atoms with Gasteiger partial charge in [0.05, 0.1) is 5.39 Å². The molecule has 1 fully saturated rings. The fourth-order valence-electron chi connectivity index (χ4n) is 3.17. The zero-order chi connectivity index (χ0) is 14.4. The second-order valence-corrected chi connectivity index (χ2v) is 5.63. The highest BCUT2D eigenvalue weighted by atomic mass is 16.3. The third-order valence-electron chi connectivity index (χ3n) is 4.15. The third-order valence-corrected chi connectivity index (χ3v) is 4.15. The van der Waals surface area contributed by atoms with Crippen molar-refractivity contribution in [1.29, 1.82) is 0 Å². The summed E-state index contributed by atoms with van der Waals surface area (Å²) in [6.45, 7) is 0. The smallest absolute Gasteiger partial charge is 0.223 e. The monoisotopic (exact) mass is 283 g/mol. The lowest BCUT2D eigenvalue weighted by atomic mass is 10.2. The molecule has 1 aliphatic carbocycles. The number of aromatic amines is 1. The predicted molar refractivity (Wildman–Crippen MR) is 83.4 cm³/mol. The number of phenolic OH excluding ortho intramolecular Hbond substituents is 1. The number of anilines is 2. The lowest BCUT2D eigenvalue weighted by molar-refractivity contribution is 0.476. The van der Waals surface area contributed by atoms with E-state index < -0.39 is 0 Å². The number of nitrogens with zero attached hydrogens (tertiary/aromatic N) is 2. The quantitative estimate of drug-likeness (QED) is 0.579. The maximum absolute atomic E-state index is 9.74. The van der Waals surface area contributed by atoms with E-state index in [0.717, 1.165) is 34.9 Å². The Balaban J connectivity index is 1.94. The molecular formula is C15H17N5O. The molecule has 0 aliphatic heterocycles. The SMILES string of the molecule is Nc1nc(NC2CCCC2)c2c(n1)[nH]c1ccc(O)cc12. The third kappa shape index (κ3) is 2.03. The molecule has 1 saturated carbocycles. The Morgan fingerprint density at radius 2 is 2.05 bits per heavy atom. The Hall–Kier alpha value is -2.50. The van der Waals surface area contributed by atoms with Crippen LogP contribution in [-0.4, -0.2) is 26.1 Å². The minimum absolute atomic E-state index is 0.229. The first-order valence-electron chi connectivity index (χ1n) is 7.25. The van der Waals surface area contributed by atoms with Gasteiger partial charge in [-0.2, -0.15) is 9.97 Å². The van der Waals surface area contributed by atoms with Crippen LogP contribution in [0.1, 0.15) is 25.7 Å². The predicted octanol–water partition coefficient (Wildman–Crippen LogP) is 2.75. The summed E-state index contributed by atoms with van der Waals surface area (Å²) in [5.41, 5.74) is 7.43. The Labute approximate surface area is 121 Å². The molecule has 1 aromatic carbocycles. The van der Waals surface area contributed by atoms with E-state index in [4.69, 9.17) is 5.73 Å². The Morgan fingerprint density at radius 1 is 1.24 bits per heavy atom. The fourth-order valence-corrected chi connectivity index (χ4v) is 3.17. The van der Waals surface area contributed by atoms with E-state index in [9.17, 15) is 5.11 Å². The van der Waals surface area contributed by atoms with E-state index >= 15 is 0 Å². The number of aromatic hydroxyl groups is 1. The van der Waals surface area contributed by atoms with Crippen molar-refractivity contribution in [2.24, 2.45) is 0 Å². The van der Waals surface area contributed by atoms with Gasteiger partial charge in [0, 0.05) is 16.9 Å². The number of rotatable bonds is 2. The highest BCUT2D eigenvalue weighted by Gasteiger charge is 2.19. The number of hydrogen-bond donors (Lipinski definition) is 4. The molecule has 6 heteroatoms. The first-order valence-corrected chi connectivity index (χ1v) is 7.25. The van der Waals surface area contributed by atoms with E-state index in [1.807, 2.05) is 6.07 Å². The van der Waals surface area contributed by atoms with Gasteiger partial charge >= 0.3 is 0 Å². The molecule has 0 spiro atoms. The second-order valence-electron chi connectivity index (χ2n) is 5.63. The van der Waals surface area contributed by atoms with Crippen molar-refractivity contribution >= 4 is 33.7 Å². The molecule has 0 unspecified atom stereocenters. The van der Waals surface area contributed by atoms with Crippen LogP contribution in [0, 0.1) is 0 Å². The molecule has 0 bridgehead atoms. The maximum atomic E-state index is 9.74.